The lowest BCUT2D eigenvalue weighted by Gasteiger charge is -2.08. The molecule has 5 nitrogen and oxygen atoms in total. The SMILES string of the molecule is CCCCOC(=O)Nc1ccc(OCc2nc3ccccc3s2)cc1. The fourth-order valence-electron chi connectivity index (χ4n) is 2.22. The number of nitrogens with one attached hydrogen (secondary N) is 1. The van der Waals surface area contributed by atoms with Gasteiger partial charge in [0.2, 0.25) is 0 Å². The molecule has 0 atom stereocenters. The number of carbonyl (C=O) groups excluding carboxylic acids is 1. The van der Waals surface area contributed by atoms with Crippen molar-refractivity contribution in [3.05, 3.63) is 53.5 Å². The smallest absolute Gasteiger partial charge is 0.411 e. The van der Waals surface area contributed by atoms with Gasteiger partial charge in [0.25, 0.3) is 0 Å². The molecule has 1 heterocycles. The van der Waals surface area contributed by atoms with Gasteiger partial charge in [-0.2, -0.15) is 0 Å². The number of hydrogen-bond donors (Lipinski definition) is 1. The van der Waals surface area contributed by atoms with Crippen LogP contribution in [0.25, 0.3) is 10.2 Å². The molecule has 1 amide bonds. The van der Waals surface area contributed by atoms with E-state index in [-0.39, 0.29) is 0 Å². The molecule has 3 aromatic rings. The third-order valence-electron chi connectivity index (χ3n) is 3.53. The number of anilines is 1. The molecule has 0 saturated heterocycles. The Balaban J connectivity index is 1.51. The number of thiazole rings is 1. The van der Waals surface area contributed by atoms with Gasteiger partial charge < -0.3 is 9.47 Å². The second kappa shape index (κ2) is 8.48. The molecular weight excluding hydrogens is 336 g/mol. The number of hydrogen-bond acceptors (Lipinski definition) is 5. The predicted molar refractivity (Wildman–Crippen MR) is 100 cm³/mol. The van der Waals surface area contributed by atoms with E-state index < -0.39 is 6.09 Å². The number of carbonyl (C=O) groups is 1. The first-order valence-corrected chi connectivity index (χ1v) is 9.07. The second-order valence-corrected chi connectivity index (χ2v) is 6.62. The van der Waals surface area contributed by atoms with E-state index >= 15 is 0 Å². The van der Waals surface area contributed by atoms with Gasteiger partial charge >= 0.3 is 6.09 Å². The summed E-state index contributed by atoms with van der Waals surface area (Å²) in [5, 5.41) is 3.63. The van der Waals surface area contributed by atoms with Crippen LogP contribution < -0.4 is 10.1 Å². The van der Waals surface area contributed by atoms with Crippen molar-refractivity contribution in [2.24, 2.45) is 0 Å². The quantitative estimate of drug-likeness (QED) is 0.589. The zero-order chi connectivity index (χ0) is 17.5. The molecule has 0 aliphatic carbocycles. The number of rotatable bonds is 7. The van der Waals surface area contributed by atoms with Crippen LogP contribution in [0, 0.1) is 0 Å². The van der Waals surface area contributed by atoms with Crippen molar-refractivity contribution >= 4 is 33.3 Å². The molecule has 2 aromatic carbocycles. The molecule has 6 heteroatoms. The topological polar surface area (TPSA) is 60.5 Å². The maximum atomic E-state index is 11.6. The Kier molecular flexibility index (Phi) is 5.85. The van der Waals surface area contributed by atoms with Crippen LogP contribution in [0.2, 0.25) is 0 Å². The monoisotopic (exact) mass is 356 g/mol. The van der Waals surface area contributed by atoms with E-state index in [1.807, 2.05) is 37.3 Å². The van der Waals surface area contributed by atoms with Crippen LogP contribution in [0.4, 0.5) is 10.5 Å². The number of fused-ring (bicyclic) bond motifs is 1. The Morgan fingerprint density at radius 1 is 1.16 bits per heavy atom. The Morgan fingerprint density at radius 3 is 2.72 bits per heavy atom. The minimum absolute atomic E-state index is 0.422. The zero-order valence-electron chi connectivity index (χ0n) is 14.0. The first kappa shape index (κ1) is 17.2. The van der Waals surface area contributed by atoms with Crippen LogP contribution in [0.1, 0.15) is 24.8 Å². The second-order valence-electron chi connectivity index (χ2n) is 5.50. The minimum atomic E-state index is -0.434. The molecule has 0 unspecified atom stereocenters. The van der Waals surface area contributed by atoms with Crippen molar-refractivity contribution in [3.8, 4) is 5.75 Å². The van der Waals surface area contributed by atoms with Crippen LogP contribution >= 0.6 is 11.3 Å². The average molecular weight is 356 g/mol. The Hall–Kier alpha value is -2.60. The highest BCUT2D eigenvalue weighted by Crippen LogP contribution is 2.23. The third kappa shape index (κ3) is 4.93. The number of unbranched alkanes of at least 4 members (excludes halogenated alkanes) is 1. The highest BCUT2D eigenvalue weighted by atomic mass is 32.1. The number of ether oxygens (including phenoxy) is 2. The number of benzene rings is 2. The van der Waals surface area contributed by atoms with Gasteiger partial charge in [-0.1, -0.05) is 25.5 Å². The molecule has 1 aromatic heterocycles. The molecule has 0 bridgehead atoms. The lowest BCUT2D eigenvalue weighted by Crippen LogP contribution is -2.14. The zero-order valence-corrected chi connectivity index (χ0v) is 14.8. The first-order valence-electron chi connectivity index (χ1n) is 8.25. The Bertz CT molecular complexity index is 797. The summed E-state index contributed by atoms with van der Waals surface area (Å²) in [5.74, 6) is 0.726. The van der Waals surface area contributed by atoms with Crippen LogP contribution in [-0.4, -0.2) is 17.7 Å². The summed E-state index contributed by atoms with van der Waals surface area (Å²) < 4.78 is 12.0. The van der Waals surface area contributed by atoms with Crippen molar-refractivity contribution in [1.29, 1.82) is 0 Å². The molecule has 0 radical (unpaired) electrons. The van der Waals surface area contributed by atoms with Gasteiger partial charge in [-0.3, -0.25) is 5.32 Å². The van der Waals surface area contributed by atoms with Gasteiger partial charge in [0.05, 0.1) is 16.8 Å². The van der Waals surface area contributed by atoms with Crippen LogP contribution in [0.3, 0.4) is 0 Å². The first-order chi connectivity index (χ1) is 12.2. The normalized spacial score (nSPS) is 10.6. The fourth-order valence-corrected chi connectivity index (χ4v) is 3.10. The summed E-state index contributed by atoms with van der Waals surface area (Å²) in [4.78, 5) is 16.1. The van der Waals surface area contributed by atoms with Crippen LogP contribution in [0.5, 0.6) is 5.75 Å². The minimum Gasteiger partial charge on any atom is -0.486 e. The molecule has 0 saturated carbocycles. The predicted octanol–water partition coefficient (Wildman–Crippen LogP) is 5.22. The van der Waals surface area contributed by atoms with E-state index in [0.717, 1.165) is 33.8 Å². The summed E-state index contributed by atoms with van der Waals surface area (Å²) in [5.41, 5.74) is 1.67. The maximum Gasteiger partial charge on any atom is 0.411 e. The van der Waals surface area contributed by atoms with E-state index in [9.17, 15) is 4.79 Å². The lowest BCUT2D eigenvalue weighted by molar-refractivity contribution is 0.160. The van der Waals surface area contributed by atoms with E-state index in [1.54, 1.807) is 23.5 Å². The highest BCUT2D eigenvalue weighted by molar-refractivity contribution is 7.18. The van der Waals surface area contributed by atoms with Gasteiger partial charge in [0.15, 0.2) is 0 Å². The molecular formula is C19H20N2O3S. The van der Waals surface area contributed by atoms with Gasteiger partial charge in [-0.25, -0.2) is 9.78 Å². The number of aromatic nitrogens is 1. The summed E-state index contributed by atoms with van der Waals surface area (Å²) in [6, 6.07) is 15.2. The van der Waals surface area contributed by atoms with E-state index in [2.05, 4.69) is 16.4 Å². The van der Waals surface area contributed by atoms with Crippen LogP contribution in [-0.2, 0) is 11.3 Å². The van der Waals surface area contributed by atoms with E-state index in [4.69, 9.17) is 9.47 Å². The molecule has 0 spiro atoms. The number of para-hydroxylation sites is 1. The molecule has 1 N–H and O–H groups in total. The molecule has 0 aliphatic rings. The molecule has 0 aliphatic heterocycles. The molecule has 3 rings (SSSR count). The van der Waals surface area contributed by atoms with E-state index in [1.165, 1.54) is 0 Å². The number of amides is 1. The van der Waals surface area contributed by atoms with Crippen molar-refractivity contribution in [2.75, 3.05) is 11.9 Å². The van der Waals surface area contributed by atoms with E-state index in [0.29, 0.717) is 18.9 Å². The number of nitrogens with zero attached hydrogens (tertiary/aromatic N) is 1. The van der Waals surface area contributed by atoms with Crippen molar-refractivity contribution in [1.82, 2.24) is 4.98 Å². The third-order valence-corrected chi connectivity index (χ3v) is 4.54. The molecule has 25 heavy (non-hydrogen) atoms. The summed E-state index contributed by atoms with van der Waals surface area (Å²) in [6.07, 6.45) is 1.43. The highest BCUT2D eigenvalue weighted by Gasteiger charge is 2.05. The van der Waals surface area contributed by atoms with Crippen molar-refractivity contribution in [3.63, 3.8) is 0 Å². The Morgan fingerprint density at radius 2 is 1.96 bits per heavy atom. The van der Waals surface area contributed by atoms with Crippen molar-refractivity contribution in [2.45, 2.75) is 26.4 Å². The lowest BCUT2D eigenvalue weighted by atomic mass is 10.3. The molecule has 130 valence electrons. The van der Waals surface area contributed by atoms with Gasteiger partial charge in [-0.05, 0) is 42.8 Å². The maximum absolute atomic E-state index is 11.6. The Labute approximate surface area is 150 Å². The summed E-state index contributed by atoms with van der Waals surface area (Å²) in [6.45, 7) is 2.91. The fraction of sp³-hybridized carbons (Fsp3) is 0.263. The van der Waals surface area contributed by atoms with Gasteiger partial charge in [0.1, 0.15) is 17.4 Å². The summed E-state index contributed by atoms with van der Waals surface area (Å²) >= 11 is 1.63. The van der Waals surface area contributed by atoms with Gasteiger partial charge in [-0.15, -0.1) is 11.3 Å². The van der Waals surface area contributed by atoms with Crippen LogP contribution in [0.15, 0.2) is 48.5 Å². The molecule has 0 fully saturated rings. The summed E-state index contributed by atoms with van der Waals surface area (Å²) in [7, 11) is 0. The van der Waals surface area contributed by atoms with Gasteiger partial charge in [0, 0.05) is 5.69 Å². The average Bonchev–Trinajstić information content (AvgIpc) is 3.04. The van der Waals surface area contributed by atoms with Crippen molar-refractivity contribution < 1.29 is 14.3 Å². The largest absolute Gasteiger partial charge is 0.486 e. The standard InChI is InChI=1S/C19H20N2O3S/c1-2-3-12-23-19(22)20-14-8-10-15(11-9-14)24-13-18-21-16-6-4-5-7-17(16)25-18/h4-11H,2-3,12-13H2,1H3,(H,20,22).